The molecule has 1 aliphatic carbocycles. The predicted molar refractivity (Wildman–Crippen MR) is 82.0 cm³/mol. The summed E-state index contributed by atoms with van der Waals surface area (Å²) in [5, 5.41) is 23.0. The Morgan fingerprint density at radius 3 is 3.05 bits per heavy atom. The second kappa shape index (κ2) is 6.53. The maximum atomic E-state index is 12.7. The fraction of sp³-hybridized carbons (Fsp3) is 0.571. The van der Waals surface area contributed by atoms with E-state index in [9.17, 15) is 9.90 Å². The summed E-state index contributed by atoms with van der Waals surface area (Å²) in [5.41, 5.74) is 0.691. The molecule has 2 heterocycles. The van der Waals surface area contributed by atoms with Gasteiger partial charge in [0, 0.05) is 19.5 Å². The van der Waals surface area contributed by atoms with Gasteiger partial charge in [0.15, 0.2) is 0 Å². The molecule has 1 aliphatic rings. The number of hydrogen-bond acceptors (Lipinski definition) is 6. The summed E-state index contributed by atoms with van der Waals surface area (Å²) < 4.78 is 1.49. The van der Waals surface area contributed by atoms with Crippen molar-refractivity contribution in [3.63, 3.8) is 0 Å². The Bertz CT molecular complexity index is 627. The van der Waals surface area contributed by atoms with Crippen LogP contribution in [-0.4, -0.2) is 55.8 Å². The standard InChI is InChI=1S/C14H19N5O2S/c1-18(8-10-4-2-3-5-12(10)20)14(21)13-11(6-7-22-13)19-9-15-16-17-19/h6-7,9-10,12,20H,2-5,8H2,1H3. The number of carbonyl (C=O) groups excluding carboxylic acids is 1. The van der Waals surface area contributed by atoms with Gasteiger partial charge < -0.3 is 10.0 Å². The molecular weight excluding hydrogens is 302 g/mol. The lowest BCUT2D eigenvalue weighted by atomic mass is 9.86. The van der Waals surface area contributed by atoms with Crippen LogP contribution in [0.5, 0.6) is 0 Å². The monoisotopic (exact) mass is 321 g/mol. The number of carbonyl (C=O) groups is 1. The molecule has 118 valence electrons. The average Bonchev–Trinajstić information content (AvgIpc) is 3.19. The van der Waals surface area contributed by atoms with E-state index < -0.39 is 0 Å². The Balaban J connectivity index is 1.72. The minimum absolute atomic E-state index is 0.0572. The SMILES string of the molecule is CN(CC1CCCCC1O)C(=O)c1sccc1-n1cnnn1. The van der Waals surface area contributed by atoms with Crippen molar-refractivity contribution < 1.29 is 9.90 Å². The van der Waals surface area contributed by atoms with Gasteiger partial charge in [-0.2, -0.15) is 4.68 Å². The molecule has 8 heteroatoms. The van der Waals surface area contributed by atoms with Crippen LogP contribution >= 0.6 is 11.3 Å². The second-order valence-electron chi connectivity index (χ2n) is 5.69. The van der Waals surface area contributed by atoms with Crippen LogP contribution in [-0.2, 0) is 0 Å². The maximum Gasteiger partial charge on any atom is 0.265 e. The molecule has 1 amide bonds. The summed E-state index contributed by atoms with van der Waals surface area (Å²) in [6.07, 6.45) is 5.18. The first-order valence-corrected chi connectivity index (χ1v) is 8.29. The van der Waals surface area contributed by atoms with E-state index in [1.165, 1.54) is 22.3 Å². The number of aliphatic hydroxyl groups is 1. The number of rotatable bonds is 4. The summed E-state index contributed by atoms with van der Waals surface area (Å²) in [6.45, 7) is 0.576. The molecule has 0 aliphatic heterocycles. The topological polar surface area (TPSA) is 84.1 Å². The molecule has 0 spiro atoms. The van der Waals surface area contributed by atoms with Gasteiger partial charge in [0.2, 0.25) is 0 Å². The molecule has 1 saturated carbocycles. The third-order valence-corrected chi connectivity index (χ3v) is 5.05. The average molecular weight is 321 g/mol. The molecule has 7 nitrogen and oxygen atoms in total. The molecule has 2 aromatic heterocycles. The van der Waals surface area contributed by atoms with Gasteiger partial charge in [-0.1, -0.05) is 12.8 Å². The van der Waals surface area contributed by atoms with E-state index in [1.807, 2.05) is 11.4 Å². The fourth-order valence-electron chi connectivity index (χ4n) is 2.92. The molecule has 2 unspecified atom stereocenters. The van der Waals surface area contributed by atoms with Crippen LogP contribution in [0.4, 0.5) is 0 Å². The molecule has 0 saturated heterocycles. The first kappa shape index (κ1) is 15.1. The summed E-state index contributed by atoms with van der Waals surface area (Å²) >= 11 is 1.38. The minimum Gasteiger partial charge on any atom is -0.393 e. The number of aliphatic hydroxyl groups excluding tert-OH is 1. The van der Waals surface area contributed by atoms with Crippen LogP contribution < -0.4 is 0 Å². The Morgan fingerprint density at radius 2 is 2.32 bits per heavy atom. The fourth-order valence-corrected chi connectivity index (χ4v) is 3.80. The van der Waals surface area contributed by atoms with Crippen LogP contribution in [0.3, 0.4) is 0 Å². The zero-order valence-electron chi connectivity index (χ0n) is 12.4. The smallest absolute Gasteiger partial charge is 0.265 e. The van der Waals surface area contributed by atoms with Crippen molar-refractivity contribution in [2.75, 3.05) is 13.6 Å². The van der Waals surface area contributed by atoms with Crippen molar-refractivity contribution in [3.05, 3.63) is 22.7 Å². The normalized spacial score (nSPS) is 21.7. The highest BCUT2D eigenvalue weighted by Gasteiger charge is 2.27. The Labute approximate surface area is 132 Å². The van der Waals surface area contributed by atoms with E-state index in [1.54, 1.807) is 11.9 Å². The third kappa shape index (κ3) is 3.02. The summed E-state index contributed by atoms with van der Waals surface area (Å²) in [6, 6.07) is 1.83. The third-order valence-electron chi connectivity index (χ3n) is 4.16. The van der Waals surface area contributed by atoms with Gasteiger partial charge in [0.25, 0.3) is 5.91 Å². The van der Waals surface area contributed by atoms with E-state index in [2.05, 4.69) is 15.5 Å². The Hall–Kier alpha value is -1.80. The maximum absolute atomic E-state index is 12.7. The lowest BCUT2D eigenvalue weighted by Gasteiger charge is -2.31. The van der Waals surface area contributed by atoms with Gasteiger partial charge in [-0.05, 0) is 34.7 Å². The molecule has 0 bridgehead atoms. The van der Waals surface area contributed by atoms with E-state index in [4.69, 9.17) is 0 Å². The van der Waals surface area contributed by atoms with Crippen molar-refractivity contribution in [1.82, 2.24) is 25.1 Å². The van der Waals surface area contributed by atoms with Gasteiger partial charge in [0.05, 0.1) is 11.8 Å². The van der Waals surface area contributed by atoms with Gasteiger partial charge >= 0.3 is 0 Å². The van der Waals surface area contributed by atoms with Crippen molar-refractivity contribution in [3.8, 4) is 5.69 Å². The first-order chi connectivity index (χ1) is 10.7. The number of amides is 1. The number of aromatic nitrogens is 4. The van der Waals surface area contributed by atoms with Gasteiger partial charge in [-0.15, -0.1) is 16.4 Å². The molecule has 2 aromatic rings. The number of nitrogens with zero attached hydrogens (tertiary/aromatic N) is 5. The van der Waals surface area contributed by atoms with Crippen molar-refractivity contribution in [2.24, 2.45) is 5.92 Å². The predicted octanol–water partition coefficient (Wildman–Crippen LogP) is 1.35. The van der Waals surface area contributed by atoms with Crippen LogP contribution in [0.25, 0.3) is 5.69 Å². The highest BCUT2D eigenvalue weighted by Crippen LogP contribution is 2.27. The highest BCUT2D eigenvalue weighted by atomic mass is 32.1. The van der Waals surface area contributed by atoms with Crippen molar-refractivity contribution >= 4 is 17.2 Å². The minimum atomic E-state index is -0.300. The number of tetrazole rings is 1. The molecule has 2 atom stereocenters. The van der Waals surface area contributed by atoms with Gasteiger partial charge in [0.1, 0.15) is 11.2 Å². The molecule has 22 heavy (non-hydrogen) atoms. The van der Waals surface area contributed by atoms with Crippen LogP contribution in [0.1, 0.15) is 35.4 Å². The van der Waals surface area contributed by atoms with E-state index in [0.29, 0.717) is 17.1 Å². The summed E-state index contributed by atoms with van der Waals surface area (Å²) in [4.78, 5) is 15.0. The molecule has 0 radical (unpaired) electrons. The number of hydrogen-bond donors (Lipinski definition) is 1. The largest absolute Gasteiger partial charge is 0.393 e. The molecule has 3 rings (SSSR count). The van der Waals surface area contributed by atoms with Gasteiger partial charge in [-0.25, -0.2) is 0 Å². The number of thiophene rings is 1. The second-order valence-corrected chi connectivity index (χ2v) is 6.60. The first-order valence-electron chi connectivity index (χ1n) is 7.41. The van der Waals surface area contributed by atoms with Crippen LogP contribution in [0.15, 0.2) is 17.8 Å². The molecule has 0 aromatic carbocycles. The zero-order valence-corrected chi connectivity index (χ0v) is 13.2. The summed E-state index contributed by atoms with van der Waals surface area (Å²) in [5.74, 6) is 0.109. The van der Waals surface area contributed by atoms with Gasteiger partial charge in [-0.3, -0.25) is 4.79 Å². The quantitative estimate of drug-likeness (QED) is 0.919. The Kier molecular flexibility index (Phi) is 4.49. The lowest BCUT2D eigenvalue weighted by molar-refractivity contribution is 0.0453. The lowest BCUT2D eigenvalue weighted by Crippen LogP contribution is -2.38. The van der Waals surface area contributed by atoms with E-state index in [0.717, 1.165) is 25.7 Å². The highest BCUT2D eigenvalue weighted by molar-refractivity contribution is 7.12. The van der Waals surface area contributed by atoms with E-state index >= 15 is 0 Å². The van der Waals surface area contributed by atoms with Crippen LogP contribution in [0, 0.1) is 5.92 Å². The summed E-state index contributed by atoms with van der Waals surface area (Å²) in [7, 11) is 1.78. The molecular formula is C14H19N5O2S. The van der Waals surface area contributed by atoms with Crippen molar-refractivity contribution in [1.29, 1.82) is 0 Å². The van der Waals surface area contributed by atoms with E-state index in [-0.39, 0.29) is 17.9 Å². The van der Waals surface area contributed by atoms with Crippen LogP contribution in [0.2, 0.25) is 0 Å². The molecule has 1 N–H and O–H groups in total. The zero-order chi connectivity index (χ0) is 15.5. The Morgan fingerprint density at radius 1 is 1.50 bits per heavy atom. The molecule has 1 fully saturated rings. The van der Waals surface area contributed by atoms with Crippen molar-refractivity contribution in [2.45, 2.75) is 31.8 Å².